The average Bonchev–Trinajstić information content (AvgIpc) is 2.97. The highest BCUT2D eigenvalue weighted by Crippen LogP contribution is 2.41. The van der Waals surface area contributed by atoms with Gasteiger partial charge in [-0.2, -0.15) is 0 Å². The smallest absolute Gasteiger partial charge is 0.314 e. The fourth-order valence-corrected chi connectivity index (χ4v) is 3.32. The Morgan fingerprint density at radius 3 is 2.64 bits per heavy atom. The lowest BCUT2D eigenvalue weighted by Gasteiger charge is -2.23. The summed E-state index contributed by atoms with van der Waals surface area (Å²) >= 11 is 0. The number of amides is 1. The van der Waals surface area contributed by atoms with E-state index in [2.05, 4.69) is 0 Å². The molecule has 0 unspecified atom stereocenters. The van der Waals surface area contributed by atoms with Crippen molar-refractivity contribution in [3.8, 4) is 0 Å². The maximum atomic E-state index is 12.1. The minimum Gasteiger partial charge on any atom is -0.469 e. The van der Waals surface area contributed by atoms with Gasteiger partial charge in [0.15, 0.2) is 0 Å². The number of hydrogen-bond acceptors (Lipinski definition) is 4. The van der Waals surface area contributed by atoms with Crippen LogP contribution < -0.4 is 0 Å². The number of aliphatic hydroxyl groups excluding tert-OH is 1. The lowest BCUT2D eigenvalue weighted by molar-refractivity contribution is -0.150. The van der Waals surface area contributed by atoms with Crippen molar-refractivity contribution in [3.05, 3.63) is 36.0 Å². The number of rotatable bonds is 2. The molecule has 3 rings (SSSR count). The summed E-state index contributed by atoms with van der Waals surface area (Å²) in [6, 6.07) is 7.22. The van der Waals surface area contributed by atoms with Gasteiger partial charge in [-0.1, -0.05) is 18.2 Å². The van der Waals surface area contributed by atoms with E-state index in [9.17, 15) is 14.7 Å². The second-order valence-corrected chi connectivity index (χ2v) is 5.60. The fraction of sp³-hybridized carbons (Fsp3) is 0.375. The first-order chi connectivity index (χ1) is 10.5. The van der Waals surface area contributed by atoms with E-state index in [0.29, 0.717) is 0 Å². The summed E-state index contributed by atoms with van der Waals surface area (Å²) in [4.78, 5) is 25.6. The second kappa shape index (κ2) is 5.14. The summed E-state index contributed by atoms with van der Waals surface area (Å²) < 4.78 is 6.73. The summed E-state index contributed by atoms with van der Waals surface area (Å²) in [6.07, 6.45) is 0.522. The zero-order valence-corrected chi connectivity index (χ0v) is 12.7. The lowest BCUT2D eigenvalue weighted by Crippen LogP contribution is -2.30. The average molecular weight is 302 g/mol. The van der Waals surface area contributed by atoms with Crippen LogP contribution in [0.5, 0.6) is 0 Å². The van der Waals surface area contributed by atoms with Gasteiger partial charge in [-0.05, 0) is 6.07 Å². The van der Waals surface area contributed by atoms with Gasteiger partial charge in [0.25, 0.3) is 5.91 Å². The van der Waals surface area contributed by atoms with Crippen LogP contribution in [0.2, 0.25) is 0 Å². The predicted molar refractivity (Wildman–Crippen MR) is 79.9 cm³/mol. The van der Waals surface area contributed by atoms with Crippen LogP contribution in [0.1, 0.15) is 11.6 Å². The van der Waals surface area contributed by atoms with E-state index in [1.807, 2.05) is 42.1 Å². The molecule has 6 heteroatoms. The lowest BCUT2D eigenvalue weighted by atomic mass is 9.92. The number of likely N-dealkylation sites (tertiary alicyclic amines) is 1. The SMILES string of the molecule is COC(=O)[C@@H]1[C@H](O)C(=O)N(C)[C@H]1c1cn(C)c2ccccc12. The van der Waals surface area contributed by atoms with E-state index in [1.54, 1.807) is 7.05 Å². The number of hydrogen-bond donors (Lipinski definition) is 1. The van der Waals surface area contributed by atoms with Crippen molar-refractivity contribution in [1.82, 2.24) is 9.47 Å². The highest BCUT2D eigenvalue weighted by atomic mass is 16.5. The van der Waals surface area contributed by atoms with Crippen LogP contribution in [-0.4, -0.2) is 46.7 Å². The number of esters is 1. The summed E-state index contributed by atoms with van der Waals surface area (Å²) in [7, 11) is 4.77. The molecule has 1 aromatic carbocycles. The number of methoxy groups -OCH3 is 1. The van der Waals surface area contributed by atoms with Crippen molar-refractivity contribution in [1.29, 1.82) is 0 Å². The highest BCUT2D eigenvalue weighted by molar-refractivity contribution is 5.94. The van der Waals surface area contributed by atoms with Gasteiger partial charge in [0.1, 0.15) is 12.0 Å². The van der Waals surface area contributed by atoms with Gasteiger partial charge >= 0.3 is 5.97 Å². The highest BCUT2D eigenvalue weighted by Gasteiger charge is 2.51. The zero-order chi connectivity index (χ0) is 16.0. The molecular weight excluding hydrogens is 284 g/mol. The van der Waals surface area contributed by atoms with Gasteiger partial charge in [0, 0.05) is 36.8 Å². The van der Waals surface area contributed by atoms with Crippen molar-refractivity contribution in [3.63, 3.8) is 0 Å². The summed E-state index contributed by atoms with van der Waals surface area (Å²) in [5, 5.41) is 11.1. The van der Waals surface area contributed by atoms with E-state index < -0.39 is 29.9 Å². The van der Waals surface area contributed by atoms with E-state index in [0.717, 1.165) is 16.5 Å². The number of aliphatic hydroxyl groups is 1. The maximum absolute atomic E-state index is 12.1. The first kappa shape index (κ1) is 14.6. The van der Waals surface area contributed by atoms with Crippen LogP contribution in [-0.2, 0) is 21.4 Å². The molecule has 2 heterocycles. The number of benzene rings is 1. The molecule has 116 valence electrons. The van der Waals surface area contributed by atoms with Gasteiger partial charge in [-0.3, -0.25) is 9.59 Å². The largest absolute Gasteiger partial charge is 0.469 e. The third-order valence-corrected chi connectivity index (χ3v) is 4.42. The first-order valence-corrected chi connectivity index (χ1v) is 7.04. The number of nitrogens with zero attached hydrogens (tertiary/aromatic N) is 2. The third-order valence-electron chi connectivity index (χ3n) is 4.42. The molecule has 1 fully saturated rings. The molecule has 1 N–H and O–H groups in total. The predicted octanol–water partition coefficient (Wildman–Crippen LogP) is 0.841. The minimum absolute atomic E-state index is 0.465. The first-order valence-electron chi connectivity index (χ1n) is 7.04. The molecule has 6 nitrogen and oxygen atoms in total. The van der Waals surface area contributed by atoms with Gasteiger partial charge in [-0.15, -0.1) is 0 Å². The summed E-state index contributed by atoms with van der Waals surface area (Å²) in [5.41, 5.74) is 1.84. The van der Waals surface area contributed by atoms with Crippen LogP contribution in [0.15, 0.2) is 30.5 Å². The van der Waals surface area contributed by atoms with Gasteiger partial charge in [0.2, 0.25) is 0 Å². The van der Waals surface area contributed by atoms with Crippen LogP contribution in [0.25, 0.3) is 10.9 Å². The van der Waals surface area contributed by atoms with Crippen LogP contribution >= 0.6 is 0 Å². The zero-order valence-electron chi connectivity index (χ0n) is 12.7. The molecule has 2 aromatic rings. The molecule has 0 saturated carbocycles. The number of para-hydroxylation sites is 1. The molecule has 0 bridgehead atoms. The molecule has 1 aliphatic rings. The van der Waals surface area contributed by atoms with E-state index in [4.69, 9.17) is 4.74 Å². The molecule has 22 heavy (non-hydrogen) atoms. The summed E-state index contributed by atoms with van der Waals surface area (Å²) in [5.74, 6) is -1.97. The monoisotopic (exact) mass is 302 g/mol. The molecule has 1 aliphatic heterocycles. The quantitative estimate of drug-likeness (QED) is 0.835. The third kappa shape index (κ3) is 1.91. The Morgan fingerprint density at radius 2 is 1.95 bits per heavy atom. The van der Waals surface area contributed by atoms with Crippen molar-refractivity contribution in [2.45, 2.75) is 12.1 Å². The molecule has 1 saturated heterocycles. The normalized spacial score (nSPS) is 25.0. The number of likely N-dealkylation sites (N-methyl/N-ethyl adjacent to an activating group) is 1. The number of aromatic nitrogens is 1. The number of ether oxygens (including phenoxy) is 1. The Kier molecular flexibility index (Phi) is 3.41. The van der Waals surface area contributed by atoms with Crippen molar-refractivity contribution in [2.75, 3.05) is 14.2 Å². The van der Waals surface area contributed by atoms with Gasteiger partial charge in [0.05, 0.1) is 13.2 Å². The van der Waals surface area contributed by atoms with Gasteiger partial charge < -0.3 is 19.3 Å². The van der Waals surface area contributed by atoms with Crippen molar-refractivity contribution in [2.24, 2.45) is 13.0 Å². The topological polar surface area (TPSA) is 71.8 Å². The maximum Gasteiger partial charge on any atom is 0.314 e. The van der Waals surface area contributed by atoms with Crippen LogP contribution in [0, 0.1) is 5.92 Å². The Hall–Kier alpha value is -2.34. The number of fused-ring (bicyclic) bond motifs is 1. The van der Waals surface area contributed by atoms with E-state index >= 15 is 0 Å². The molecule has 0 spiro atoms. The molecule has 1 amide bonds. The minimum atomic E-state index is -1.37. The molecule has 1 aromatic heterocycles. The number of carbonyl (C=O) groups is 2. The Labute approximate surface area is 127 Å². The fourth-order valence-electron chi connectivity index (χ4n) is 3.32. The van der Waals surface area contributed by atoms with Crippen LogP contribution in [0.3, 0.4) is 0 Å². The van der Waals surface area contributed by atoms with Gasteiger partial charge in [-0.25, -0.2) is 0 Å². The van der Waals surface area contributed by atoms with Crippen LogP contribution in [0.4, 0.5) is 0 Å². The van der Waals surface area contributed by atoms with Crippen molar-refractivity contribution >= 4 is 22.8 Å². The van der Waals surface area contributed by atoms with E-state index in [-0.39, 0.29) is 0 Å². The molecular formula is C16H18N2O4. The Bertz CT molecular complexity index is 752. The number of aryl methyl sites for hydroxylation is 1. The Balaban J connectivity index is 2.18. The number of carbonyl (C=O) groups excluding carboxylic acids is 2. The summed E-state index contributed by atoms with van der Waals surface area (Å²) in [6.45, 7) is 0. The second-order valence-electron chi connectivity index (χ2n) is 5.60. The molecule has 0 aliphatic carbocycles. The molecule has 0 radical (unpaired) electrons. The van der Waals surface area contributed by atoms with E-state index in [1.165, 1.54) is 12.0 Å². The molecule has 3 atom stereocenters. The Morgan fingerprint density at radius 1 is 1.27 bits per heavy atom. The van der Waals surface area contributed by atoms with Crippen molar-refractivity contribution < 1.29 is 19.4 Å². The standard InChI is InChI=1S/C16H18N2O4/c1-17-8-10(9-6-4-5-7-11(9)17)13-12(16(21)22-3)14(19)15(20)18(13)2/h4-8,12-14,19H,1-3H3/t12-,13-,14-/m0/s1.